The van der Waals surface area contributed by atoms with Gasteiger partial charge in [-0.05, 0) is 54.4 Å². The molecule has 3 rings (SSSR count). The molecule has 0 aliphatic heterocycles. The van der Waals surface area contributed by atoms with Crippen LogP contribution in [0.1, 0.15) is 18.1 Å². The number of methoxy groups -OCH3 is 1. The second-order valence-corrected chi connectivity index (χ2v) is 8.02. The van der Waals surface area contributed by atoms with Crippen LogP contribution in [0.2, 0.25) is 5.02 Å². The third kappa shape index (κ3) is 6.96. The van der Waals surface area contributed by atoms with Gasteiger partial charge in [0.15, 0.2) is 6.61 Å². The summed E-state index contributed by atoms with van der Waals surface area (Å²) in [6.07, 6.45) is 0. The van der Waals surface area contributed by atoms with Crippen LogP contribution in [0.5, 0.6) is 11.5 Å². The molecule has 0 heterocycles. The van der Waals surface area contributed by atoms with E-state index in [9.17, 15) is 14.0 Å². The Hall–Kier alpha value is -3.58. The summed E-state index contributed by atoms with van der Waals surface area (Å²) >= 11 is 6.11. The molecule has 0 fully saturated rings. The molecule has 0 radical (unpaired) electrons. The second-order valence-electron chi connectivity index (χ2n) is 7.61. The molecule has 0 aromatic heterocycles. The Labute approximate surface area is 203 Å². The molecule has 1 atom stereocenters. The lowest BCUT2D eigenvalue weighted by Crippen LogP contribution is -2.48. The maximum absolute atomic E-state index is 13.3. The number of halogens is 2. The lowest BCUT2D eigenvalue weighted by atomic mass is 10.1. The van der Waals surface area contributed by atoms with E-state index in [-0.39, 0.29) is 24.9 Å². The molecule has 34 heavy (non-hydrogen) atoms. The Morgan fingerprint density at radius 3 is 2.29 bits per heavy atom. The van der Waals surface area contributed by atoms with Crippen molar-refractivity contribution in [3.05, 3.63) is 94.8 Å². The van der Waals surface area contributed by atoms with Crippen molar-refractivity contribution >= 4 is 23.4 Å². The summed E-state index contributed by atoms with van der Waals surface area (Å²) in [5.41, 5.74) is 1.57. The first-order valence-corrected chi connectivity index (χ1v) is 11.1. The highest BCUT2D eigenvalue weighted by Gasteiger charge is 2.26. The fraction of sp³-hybridized carbons (Fsp3) is 0.231. The summed E-state index contributed by atoms with van der Waals surface area (Å²) in [4.78, 5) is 27.4. The number of benzene rings is 3. The molecule has 0 saturated carbocycles. The third-order valence-corrected chi connectivity index (χ3v) is 5.56. The fourth-order valence-corrected chi connectivity index (χ4v) is 3.42. The van der Waals surface area contributed by atoms with Gasteiger partial charge in [-0.25, -0.2) is 4.39 Å². The zero-order valence-corrected chi connectivity index (χ0v) is 19.7. The highest BCUT2D eigenvalue weighted by molar-refractivity contribution is 6.32. The van der Waals surface area contributed by atoms with E-state index in [0.29, 0.717) is 22.9 Å². The molecule has 178 valence electrons. The van der Waals surface area contributed by atoms with E-state index in [0.717, 1.165) is 11.3 Å². The van der Waals surface area contributed by atoms with Gasteiger partial charge in [-0.3, -0.25) is 9.59 Å². The van der Waals surface area contributed by atoms with Crippen molar-refractivity contribution in [2.45, 2.75) is 26.1 Å². The van der Waals surface area contributed by atoms with E-state index in [1.54, 1.807) is 62.6 Å². The number of nitrogens with zero attached hydrogens (tertiary/aromatic N) is 1. The van der Waals surface area contributed by atoms with Gasteiger partial charge < -0.3 is 19.7 Å². The number of hydrogen-bond donors (Lipinski definition) is 1. The molecule has 0 unspecified atom stereocenters. The molecule has 0 aliphatic carbocycles. The van der Waals surface area contributed by atoms with E-state index < -0.39 is 11.9 Å². The van der Waals surface area contributed by atoms with Gasteiger partial charge in [-0.2, -0.15) is 0 Å². The summed E-state index contributed by atoms with van der Waals surface area (Å²) in [6, 6.07) is 19.1. The number of nitrogens with one attached hydrogen (secondary N) is 1. The predicted octanol–water partition coefficient (Wildman–Crippen LogP) is 4.60. The van der Waals surface area contributed by atoms with Crippen LogP contribution in [-0.4, -0.2) is 36.5 Å². The molecule has 0 bridgehead atoms. The zero-order valence-electron chi connectivity index (χ0n) is 19.0. The molecular formula is C26H26ClFN2O4. The first-order valence-electron chi connectivity index (χ1n) is 10.7. The molecule has 0 spiro atoms. The van der Waals surface area contributed by atoms with Gasteiger partial charge >= 0.3 is 0 Å². The summed E-state index contributed by atoms with van der Waals surface area (Å²) < 4.78 is 24.1. The van der Waals surface area contributed by atoms with Crippen molar-refractivity contribution in [3.8, 4) is 11.5 Å². The molecule has 8 heteroatoms. The Balaban J connectivity index is 1.69. The van der Waals surface area contributed by atoms with Gasteiger partial charge in [0.25, 0.3) is 5.91 Å². The topological polar surface area (TPSA) is 67.9 Å². The van der Waals surface area contributed by atoms with E-state index in [1.165, 1.54) is 17.0 Å². The van der Waals surface area contributed by atoms with Crippen LogP contribution in [0.3, 0.4) is 0 Å². The summed E-state index contributed by atoms with van der Waals surface area (Å²) in [6.45, 7) is 1.74. The van der Waals surface area contributed by atoms with E-state index in [2.05, 4.69) is 5.32 Å². The van der Waals surface area contributed by atoms with Gasteiger partial charge in [0.2, 0.25) is 5.91 Å². The van der Waals surface area contributed by atoms with Gasteiger partial charge in [0.05, 0.1) is 12.1 Å². The smallest absolute Gasteiger partial charge is 0.261 e. The third-order valence-electron chi connectivity index (χ3n) is 5.25. The van der Waals surface area contributed by atoms with Gasteiger partial charge in [0, 0.05) is 13.1 Å². The summed E-state index contributed by atoms with van der Waals surface area (Å²) in [7, 11) is 1.58. The minimum absolute atomic E-state index is 0.113. The van der Waals surface area contributed by atoms with Crippen LogP contribution in [-0.2, 0) is 22.7 Å². The highest BCUT2D eigenvalue weighted by atomic mass is 35.5. The molecule has 0 aliphatic rings. The van der Waals surface area contributed by atoms with Crippen LogP contribution in [0, 0.1) is 5.82 Å². The molecular weight excluding hydrogens is 459 g/mol. The number of para-hydroxylation sites is 1. The highest BCUT2D eigenvalue weighted by Crippen LogP contribution is 2.23. The Kier molecular flexibility index (Phi) is 8.87. The second kappa shape index (κ2) is 12.0. The minimum atomic E-state index is -0.800. The lowest BCUT2D eigenvalue weighted by Gasteiger charge is -2.29. The summed E-state index contributed by atoms with van der Waals surface area (Å²) in [5.74, 6) is -0.0248. The van der Waals surface area contributed by atoms with Gasteiger partial charge in [-0.1, -0.05) is 48.0 Å². The first kappa shape index (κ1) is 25.1. The van der Waals surface area contributed by atoms with Crippen molar-refractivity contribution in [1.29, 1.82) is 0 Å². The van der Waals surface area contributed by atoms with E-state index in [1.807, 2.05) is 12.1 Å². The van der Waals surface area contributed by atoms with Crippen LogP contribution in [0.15, 0.2) is 72.8 Å². The average Bonchev–Trinajstić information content (AvgIpc) is 2.86. The Morgan fingerprint density at radius 2 is 1.65 bits per heavy atom. The standard InChI is InChI=1S/C26H26ClFN2O4/c1-18(26(32)29-15-19-9-13-22(33-2)14-10-19)30(16-20-7-11-21(28)12-8-20)25(31)17-34-24-6-4-3-5-23(24)27/h3-14,18H,15-17H2,1-2H3,(H,29,32)/t18-/m0/s1. The van der Waals surface area contributed by atoms with Crippen molar-refractivity contribution in [2.75, 3.05) is 13.7 Å². The number of carbonyl (C=O) groups is 2. The molecule has 6 nitrogen and oxygen atoms in total. The Bertz CT molecular complexity index is 1110. The van der Waals surface area contributed by atoms with Crippen molar-refractivity contribution < 1.29 is 23.5 Å². The number of rotatable bonds is 10. The van der Waals surface area contributed by atoms with Gasteiger partial charge in [-0.15, -0.1) is 0 Å². The zero-order chi connectivity index (χ0) is 24.5. The number of amides is 2. The molecule has 3 aromatic rings. The predicted molar refractivity (Wildman–Crippen MR) is 128 cm³/mol. The van der Waals surface area contributed by atoms with Crippen LogP contribution in [0.25, 0.3) is 0 Å². The van der Waals surface area contributed by atoms with E-state index >= 15 is 0 Å². The molecule has 3 aromatic carbocycles. The molecule has 0 saturated heterocycles. The van der Waals surface area contributed by atoms with Crippen molar-refractivity contribution in [2.24, 2.45) is 0 Å². The average molecular weight is 485 g/mol. The van der Waals surface area contributed by atoms with Crippen LogP contribution < -0.4 is 14.8 Å². The van der Waals surface area contributed by atoms with Crippen LogP contribution >= 0.6 is 11.6 Å². The quantitative estimate of drug-likeness (QED) is 0.456. The van der Waals surface area contributed by atoms with Crippen LogP contribution in [0.4, 0.5) is 4.39 Å². The monoisotopic (exact) mass is 484 g/mol. The van der Waals surface area contributed by atoms with Crippen molar-refractivity contribution in [1.82, 2.24) is 10.2 Å². The summed E-state index contributed by atoms with van der Waals surface area (Å²) in [5, 5.41) is 3.23. The van der Waals surface area contributed by atoms with Crippen molar-refractivity contribution in [3.63, 3.8) is 0 Å². The minimum Gasteiger partial charge on any atom is -0.497 e. The number of hydrogen-bond acceptors (Lipinski definition) is 4. The largest absolute Gasteiger partial charge is 0.497 e. The lowest BCUT2D eigenvalue weighted by molar-refractivity contribution is -0.142. The SMILES string of the molecule is COc1ccc(CNC(=O)[C@H](C)N(Cc2ccc(F)cc2)C(=O)COc2ccccc2Cl)cc1. The molecule has 1 N–H and O–H groups in total. The first-order chi connectivity index (χ1) is 16.4. The fourth-order valence-electron chi connectivity index (χ4n) is 3.23. The maximum atomic E-state index is 13.3. The maximum Gasteiger partial charge on any atom is 0.261 e. The van der Waals surface area contributed by atoms with Gasteiger partial charge in [0.1, 0.15) is 23.4 Å². The molecule has 2 amide bonds. The number of carbonyl (C=O) groups excluding carboxylic acids is 2. The normalized spacial score (nSPS) is 11.4. The Morgan fingerprint density at radius 1 is 1.00 bits per heavy atom. The van der Waals surface area contributed by atoms with E-state index in [4.69, 9.17) is 21.1 Å². The number of ether oxygens (including phenoxy) is 2.